The fourth-order valence-corrected chi connectivity index (χ4v) is 4.47. The van der Waals surface area contributed by atoms with Crippen molar-refractivity contribution in [1.82, 2.24) is 30.1 Å². The highest BCUT2D eigenvalue weighted by Crippen LogP contribution is 2.32. The zero-order valence-electron chi connectivity index (χ0n) is 17.4. The lowest BCUT2D eigenvalue weighted by molar-refractivity contribution is 0.579. The Morgan fingerprint density at radius 3 is 2.68 bits per heavy atom. The van der Waals surface area contributed by atoms with Gasteiger partial charge < -0.3 is 9.88 Å². The van der Waals surface area contributed by atoms with E-state index >= 15 is 0 Å². The second kappa shape index (κ2) is 7.19. The largest absolute Gasteiger partial charge is 0.370 e. The molecule has 0 amide bonds. The highest BCUT2D eigenvalue weighted by atomic mass is 15.2. The van der Waals surface area contributed by atoms with Gasteiger partial charge in [0.25, 0.3) is 0 Å². The molecule has 7 nitrogen and oxygen atoms in total. The molecule has 0 unspecified atom stereocenters. The van der Waals surface area contributed by atoms with Gasteiger partial charge in [0.2, 0.25) is 0 Å². The van der Waals surface area contributed by atoms with Crippen LogP contribution in [0.3, 0.4) is 0 Å². The number of benzene rings is 1. The van der Waals surface area contributed by atoms with Crippen LogP contribution in [-0.2, 0) is 0 Å². The Bertz CT molecular complexity index is 1390. The molecule has 0 atom stereocenters. The minimum Gasteiger partial charge on any atom is -0.370 e. The molecule has 1 aliphatic rings. The highest BCUT2D eigenvalue weighted by molar-refractivity contribution is 5.95. The Morgan fingerprint density at radius 1 is 0.903 bits per heavy atom. The summed E-state index contributed by atoms with van der Waals surface area (Å²) in [5.74, 6) is 0.735. The molecule has 4 aromatic heterocycles. The number of rotatable bonds is 3. The zero-order valence-corrected chi connectivity index (χ0v) is 17.4. The summed E-state index contributed by atoms with van der Waals surface area (Å²) in [7, 11) is 0. The number of hydrogen-bond acceptors (Lipinski definition) is 5. The number of aromatic amines is 2. The molecule has 31 heavy (non-hydrogen) atoms. The van der Waals surface area contributed by atoms with E-state index in [-0.39, 0.29) is 0 Å². The lowest BCUT2D eigenvalue weighted by Crippen LogP contribution is -2.29. The SMILES string of the molecule is Cc1ccncc1-c1ccc2[nH]nc(-c3nc4c(N5CCCCC5)cccc4[nH]3)c2n1. The molecule has 154 valence electrons. The van der Waals surface area contributed by atoms with E-state index < -0.39 is 0 Å². The number of anilines is 1. The van der Waals surface area contributed by atoms with E-state index in [1.54, 1.807) is 6.20 Å². The molecule has 0 saturated carbocycles. The third-order valence-electron chi connectivity index (χ3n) is 6.14. The topological polar surface area (TPSA) is 86.4 Å². The normalized spacial score (nSPS) is 14.5. The Balaban J connectivity index is 1.47. The second-order valence-corrected chi connectivity index (χ2v) is 8.16. The molecule has 1 fully saturated rings. The Morgan fingerprint density at radius 2 is 1.81 bits per heavy atom. The van der Waals surface area contributed by atoms with Crippen LogP contribution in [0.15, 0.2) is 48.8 Å². The highest BCUT2D eigenvalue weighted by Gasteiger charge is 2.19. The number of hydrogen-bond donors (Lipinski definition) is 2. The van der Waals surface area contributed by atoms with Crippen LogP contribution in [0.4, 0.5) is 5.69 Å². The summed E-state index contributed by atoms with van der Waals surface area (Å²) in [5.41, 5.74) is 8.68. The molecule has 5 heterocycles. The first-order valence-electron chi connectivity index (χ1n) is 10.8. The number of nitrogens with one attached hydrogen (secondary N) is 2. The number of para-hydroxylation sites is 1. The quantitative estimate of drug-likeness (QED) is 0.444. The minimum atomic E-state index is 0.735. The predicted molar refractivity (Wildman–Crippen MR) is 123 cm³/mol. The van der Waals surface area contributed by atoms with Crippen molar-refractivity contribution in [2.24, 2.45) is 0 Å². The monoisotopic (exact) mass is 409 g/mol. The van der Waals surface area contributed by atoms with E-state index in [2.05, 4.69) is 50.2 Å². The number of piperidine rings is 1. The van der Waals surface area contributed by atoms with Crippen molar-refractivity contribution < 1.29 is 0 Å². The van der Waals surface area contributed by atoms with Gasteiger partial charge in [-0.05, 0) is 62.1 Å². The van der Waals surface area contributed by atoms with Crippen LogP contribution in [0.2, 0.25) is 0 Å². The molecule has 0 bridgehead atoms. The molecule has 0 radical (unpaired) electrons. The molecule has 2 N–H and O–H groups in total. The molecule has 1 aliphatic heterocycles. The van der Waals surface area contributed by atoms with Gasteiger partial charge in [0, 0.05) is 31.0 Å². The molecular weight excluding hydrogens is 386 g/mol. The molecular formula is C24H23N7. The fourth-order valence-electron chi connectivity index (χ4n) is 4.47. The van der Waals surface area contributed by atoms with E-state index in [1.165, 1.54) is 24.9 Å². The van der Waals surface area contributed by atoms with E-state index in [0.29, 0.717) is 0 Å². The van der Waals surface area contributed by atoms with Gasteiger partial charge in [-0.2, -0.15) is 5.10 Å². The summed E-state index contributed by atoms with van der Waals surface area (Å²) in [4.78, 5) is 20.1. The predicted octanol–water partition coefficient (Wildman–Crippen LogP) is 4.86. The second-order valence-electron chi connectivity index (χ2n) is 8.16. The lowest BCUT2D eigenvalue weighted by atomic mass is 10.1. The van der Waals surface area contributed by atoms with Gasteiger partial charge in [0.15, 0.2) is 11.5 Å². The van der Waals surface area contributed by atoms with Crippen LogP contribution >= 0.6 is 0 Å². The van der Waals surface area contributed by atoms with Gasteiger partial charge >= 0.3 is 0 Å². The van der Waals surface area contributed by atoms with Crippen LogP contribution < -0.4 is 4.90 Å². The average molecular weight is 409 g/mol. The maximum Gasteiger partial charge on any atom is 0.161 e. The average Bonchev–Trinajstić information content (AvgIpc) is 3.43. The van der Waals surface area contributed by atoms with Crippen LogP contribution in [0.25, 0.3) is 44.8 Å². The van der Waals surface area contributed by atoms with Gasteiger partial charge in [-0.3, -0.25) is 10.1 Å². The number of pyridine rings is 2. The van der Waals surface area contributed by atoms with Gasteiger partial charge in [-0.15, -0.1) is 0 Å². The third kappa shape index (κ3) is 3.04. The molecule has 1 saturated heterocycles. The van der Waals surface area contributed by atoms with Crippen LogP contribution in [0.1, 0.15) is 24.8 Å². The van der Waals surface area contributed by atoms with E-state index in [1.807, 2.05) is 24.4 Å². The maximum atomic E-state index is 4.97. The first kappa shape index (κ1) is 18.1. The molecule has 1 aromatic carbocycles. The van der Waals surface area contributed by atoms with Crippen molar-refractivity contribution in [1.29, 1.82) is 0 Å². The number of aromatic nitrogens is 6. The van der Waals surface area contributed by atoms with Crippen LogP contribution in [-0.4, -0.2) is 43.2 Å². The smallest absolute Gasteiger partial charge is 0.161 e. The first-order valence-corrected chi connectivity index (χ1v) is 10.8. The standard InChI is InChI=1S/C24H23N7/c1-15-10-11-25-14-16(15)17-8-9-19-22(26-17)23(30-29-19)24-27-18-6-5-7-20(21(18)28-24)31-12-3-2-4-13-31/h5-11,14H,2-4,12-13H2,1H3,(H,27,28)(H,29,30). The van der Waals surface area contributed by atoms with Gasteiger partial charge in [0.1, 0.15) is 11.0 Å². The third-order valence-corrected chi connectivity index (χ3v) is 6.14. The Labute approximate surface area is 179 Å². The summed E-state index contributed by atoms with van der Waals surface area (Å²) in [5, 5.41) is 7.65. The number of H-pyrrole nitrogens is 2. The molecule has 0 spiro atoms. The Kier molecular flexibility index (Phi) is 4.19. The van der Waals surface area contributed by atoms with E-state index in [4.69, 9.17) is 9.97 Å². The number of imidazole rings is 1. The molecule has 5 aromatic rings. The number of aryl methyl sites for hydroxylation is 1. The van der Waals surface area contributed by atoms with Gasteiger partial charge in [-0.25, -0.2) is 9.97 Å². The summed E-state index contributed by atoms with van der Waals surface area (Å²) in [6.07, 6.45) is 7.43. The summed E-state index contributed by atoms with van der Waals surface area (Å²) < 4.78 is 0. The summed E-state index contributed by atoms with van der Waals surface area (Å²) in [6, 6.07) is 12.4. The molecule has 7 heteroatoms. The summed E-state index contributed by atoms with van der Waals surface area (Å²) >= 11 is 0. The fraction of sp³-hybridized carbons (Fsp3) is 0.250. The number of fused-ring (bicyclic) bond motifs is 2. The number of nitrogens with zero attached hydrogens (tertiary/aromatic N) is 5. The lowest BCUT2D eigenvalue weighted by Gasteiger charge is -2.28. The van der Waals surface area contributed by atoms with E-state index in [9.17, 15) is 0 Å². The summed E-state index contributed by atoms with van der Waals surface area (Å²) in [6.45, 7) is 4.24. The van der Waals surface area contributed by atoms with Crippen LogP contribution in [0, 0.1) is 6.92 Å². The van der Waals surface area contributed by atoms with Crippen molar-refractivity contribution in [2.75, 3.05) is 18.0 Å². The van der Waals surface area contributed by atoms with Crippen molar-refractivity contribution in [2.45, 2.75) is 26.2 Å². The minimum absolute atomic E-state index is 0.735. The maximum absolute atomic E-state index is 4.97. The van der Waals surface area contributed by atoms with E-state index in [0.717, 1.165) is 63.5 Å². The van der Waals surface area contributed by atoms with Crippen LogP contribution in [0.5, 0.6) is 0 Å². The van der Waals surface area contributed by atoms with Gasteiger partial charge in [-0.1, -0.05) is 6.07 Å². The Hall–Kier alpha value is -3.74. The van der Waals surface area contributed by atoms with Crippen molar-refractivity contribution in [3.63, 3.8) is 0 Å². The first-order chi connectivity index (χ1) is 15.3. The van der Waals surface area contributed by atoms with Crippen molar-refractivity contribution in [3.8, 4) is 22.8 Å². The van der Waals surface area contributed by atoms with Gasteiger partial charge in [0.05, 0.1) is 22.4 Å². The zero-order chi connectivity index (χ0) is 20.8. The molecule has 6 rings (SSSR count). The molecule has 0 aliphatic carbocycles. The van der Waals surface area contributed by atoms with Crippen molar-refractivity contribution in [3.05, 3.63) is 54.4 Å². The van der Waals surface area contributed by atoms with Crippen molar-refractivity contribution >= 4 is 27.8 Å².